The molecule has 8 atom stereocenters. The molecule has 2 heterocycles. The number of alkyl carbamates (subject to hydrolysis) is 2. The molecule has 0 bridgehead atoms. The van der Waals surface area contributed by atoms with Crippen molar-refractivity contribution in [2.24, 2.45) is 0 Å². The molecule has 0 unspecified atom stereocenters. The molecule has 0 radical (unpaired) electrons. The Bertz CT molecular complexity index is 572. The summed E-state index contributed by atoms with van der Waals surface area (Å²) in [5.41, 5.74) is 0. The van der Waals surface area contributed by atoms with Gasteiger partial charge in [-0.25, -0.2) is 9.59 Å². The SMILES string of the molecule is CO[C@H]1C[C@H](OC)[C@H](NC(=O)OCCCCOC(=O)N[C@@H]2[C@H](C)O[C@@H](OC)C[C@@H]2OC)[C@H](C)O1. The number of carbonyl (C=O) groups is 2. The molecule has 0 aromatic heterocycles. The second kappa shape index (κ2) is 14.6. The van der Waals surface area contributed by atoms with Gasteiger partial charge in [-0.15, -0.1) is 0 Å². The van der Waals surface area contributed by atoms with Crippen LogP contribution in [-0.2, 0) is 37.9 Å². The van der Waals surface area contributed by atoms with E-state index in [1.165, 1.54) is 0 Å². The zero-order chi connectivity index (χ0) is 25.1. The maximum Gasteiger partial charge on any atom is 0.407 e. The monoisotopic (exact) mass is 492 g/mol. The molecule has 2 saturated heterocycles. The minimum absolute atomic E-state index is 0.189. The van der Waals surface area contributed by atoms with Crippen molar-refractivity contribution in [1.29, 1.82) is 0 Å². The van der Waals surface area contributed by atoms with E-state index >= 15 is 0 Å². The van der Waals surface area contributed by atoms with Crippen molar-refractivity contribution in [3.63, 3.8) is 0 Å². The average Bonchev–Trinajstić information content (AvgIpc) is 2.83. The summed E-state index contributed by atoms with van der Waals surface area (Å²) in [6, 6.07) is -0.700. The van der Waals surface area contributed by atoms with Crippen LogP contribution in [0.15, 0.2) is 0 Å². The van der Waals surface area contributed by atoms with Crippen LogP contribution in [-0.4, -0.2) is 103 Å². The predicted molar refractivity (Wildman–Crippen MR) is 119 cm³/mol. The first kappa shape index (κ1) is 28.5. The fourth-order valence-corrected chi connectivity index (χ4v) is 4.14. The fraction of sp³-hybridized carbons (Fsp3) is 0.909. The Balaban J connectivity index is 1.61. The van der Waals surface area contributed by atoms with Crippen molar-refractivity contribution in [3.8, 4) is 0 Å². The molecule has 34 heavy (non-hydrogen) atoms. The van der Waals surface area contributed by atoms with Gasteiger partial charge in [-0.3, -0.25) is 0 Å². The van der Waals surface area contributed by atoms with Crippen LogP contribution in [0.5, 0.6) is 0 Å². The number of nitrogens with one attached hydrogen (secondary N) is 2. The lowest BCUT2D eigenvalue weighted by Gasteiger charge is -2.39. The number of amides is 2. The predicted octanol–water partition coefficient (Wildman–Crippen LogP) is 1.55. The number of carbonyl (C=O) groups excluding carboxylic acids is 2. The number of ether oxygens (including phenoxy) is 8. The van der Waals surface area contributed by atoms with Crippen LogP contribution in [0.25, 0.3) is 0 Å². The summed E-state index contributed by atoms with van der Waals surface area (Å²) in [6.07, 6.45) is -0.843. The summed E-state index contributed by atoms with van der Waals surface area (Å²) in [5, 5.41) is 5.59. The van der Waals surface area contributed by atoms with Gasteiger partial charge in [0, 0.05) is 41.3 Å². The van der Waals surface area contributed by atoms with Gasteiger partial charge in [0.2, 0.25) is 0 Å². The highest BCUT2D eigenvalue weighted by Crippen LogP contribution is 2.24. The first-order valence-corrected chi connectivity index (χ1v) is 11.6. The van der Waals surface area contributed by atoms with Crippen LogP contribution in [0, 0.1) is 0 Å². The Kier molecular flexibility index (Phi) is 12.3. The van der Waals surface area contributed by atoms with Crippen LogP contribution in [0.2, 0.25) is 0 Å². The van der Waals surface area contributed by atoms with Crippen molar-refractivity contribution in [2.45, 2.75) is 88.6 Å². The summed E-state index contributed by atoms with van der Waals surface area (Å²) >= 11 is 0. The molecule has 2 N–H and O–H groups in total. The summed E-state index contributed by atoms with van der Waals surface area (Å²) in [7, 11) is 6.30. The molecule has 0 aromatic carbocycles. The van der Waals surface area contributed by atoms with Gasteiger partial charge in [-0.1, -0.05) is 0 Å². The first-order valence-electron chi connectivity index (χ1n) is 11.6. The summed E-state index contributed by atoms with van der Waals surface area (Å²) < 4.78 is 43.3. The zero-order valence-electron chi connectivity index (χ0n) is 20.9. The highest BCUT2D eigenvalue weighted by Gasteiger charge is 2.39. The van der Waals surface area contributed by atoms with Gasteiger partial charge in [-0.05, 0) is 26.7 Å². The van der Waals surface area contributed by atoms with Gasteiger partial charge in [-0.2, -0.15) is 0 Å². The highest BCUT2D eigenvalue weighted by atomic mass is 16.7. The molecular weight excluding hydrogens is 452 g/mol. The maximum atomic E-state index is 12.2. The van der Waals surface area contributed by atoms with Gasteiger partial charge in [0.05, 0.1) is 49.7 Å². The van der Waals surface area contributed by atoms with Gasteiger partial charge in [0.1, 0.15) is 0 Å². The van der Waals surface area contributed by atoms with E-state index in [1.54, 1.807) is 28.4 Å². The second-order valence-electron chi connectivity index (χ2n) is 8.35. The van der Waals surface area contributed by atoms with Crippen molar-refractivity contribution in [1.82, 2.24) is 10.6 Å². The van der Waals surface area contributed by atoms with E-state index in [0.717, 1.165) is 0 Å². The minimum Gasteiger partial charge on any atom is -0.450 e. The van der Waals surface area contributed by atoms with E-state index in [1.807, 2.05) is 13.8 Å². The lowest BCUT2D eigenvalue weighted by atomic mass is 9.99. The van der Waals surface area contributed by atoms with E-state index in [0.29, 0.717) is 25.7 Å². The third kappa shape index (κ3) is 8.51. The first-order chi connectivity index (χ1) is 16.3. The molecule has 12 heteroatoms. The third-order valence-corrected chi connectivity index (χ3v) is 6.10. The minimum atomic E-state index is -0.553. The van der Waals surface area contributed by atoms with E-state index in [-0.39, 0.29) is 62.3 Å². The molecule has 12 nitrogen and oxygen atoms in total. The van der Waals surface area contributed by atoms with Crippen LogP contribution in [0.1, 0.15) is 39.5 Å². The Morgan fingerprint density at radius 1 is 0.706 bits per heavy atom. The van der Waals surface area contributed by atoms with E-state index in [2.05, 4.69) is 10.6 Å². The number of methoxy groups -OCH3 is 4. The fourth-order valence-electron chi connectivity index (χ4n) is 4.14. The molecule has 0 spiro atoms. The Morgan fingerprint density at radius 2 is 1.09 bits per heavy atom. The van der Waals surface area contributed by atoms with Crippen LogP contribution in [0.3, 0.4) is 0 Å². The molecule has 2 aliphatic rings. The summed E-state index contributed by atoms with van der Waals surface area (Å²) in [5.74, 6) is 0. The molecule has 198 valence electrons. The van der Waals surface area contributed by atoms with Crippen LogP contribution < -0.4 is 10.6 Å². The van der Waals surface area contributed by atoms with Crippen molar-refractivity contribution < 1.29 is 47.5 Å². The second-order valence-corrected chi connectivity index (χ2v) is 8.35. The standard InChI is InChI=1S/C22H40N2O10/c1-13-19(15(27-3)11-17(29-5)33-13)23-21(25)31-9-7-8-10-32-22(26)24-20-14(2)34-18(30-6)12-16(20)28-4/h13-20H,7-12H2,1-6H3,(H,23,25)(H,24,26)/t13-,14-,15-,16-,17+,18+,19+,20+/m0/s1. The van der Waals surface area contributed by atoms with Gasteiger partial charge < -0.3 is 48.5 Å². The Hall–Kier alpha value is -1.70. The lowest BCUT2D eigenvalue weighted by Crippen LogP contribution is -2.57. The number of hydrogen-bond acceptors (Lipinski definition) is 10. The van der Waals surface area contributed by atoms with Gasteiger partial charge >= 0.3 is 12.2 Å². The quantitative estimate of drug-likeness (QED) is 0.409. The molecule has 0 aromatic rings. The topological polar surface area (TPSA) is 132 Å². The molecule has 2 rings (SSSR count). The smallest absolute Gasteiger partial charge is 0.407 e. The summed E-state index contributed by atoms with van der Waals surface area (Å²) in [4.78, 5) is 24.3. The van der Waals surface area contributed by atoms with Gasteiger partial charge in [0.25, 0.3) is 0 Å². The molecule has 2 fully saturated rings. The Labute approximate surface area is 201 Å². The van der Waals surface area contributed by atoms with Crippen LogP contribution >= 0.6 is 0 Å². The number of rotatable bonds is 11. The third-order valence-electron chi connectivity index (χ3n) is 6.10. The number of unbranched alkanes of at least 4 members (excludes halogenated alkanes) is 1. The highest BCUT2D eigenvalue weighted by molar-refractivity contribution is 5.68. The van der Waals surface area contributed by atoms with E-state index in [9.17, 15) is 9.59 Å². The largest absolute Gasteiger partial charge is 0.450 e. The van der Waals surface area contributed by atoms with Crippen molar-refractivity contribution in [2.75, 3.05) is 41.7 Å². The lowest BCUT2D eigenvalue weighted by molar-refractivity contribution is -0.213. The molecular formula is C22H40N2O10. The van der Waals surface area contributed by atoms with E-state index < -0.39 is 12.2 Å². The number of hydrogen-bond donors (Lipinski definition) is 2. The molecule has 0 aliphatic carbocycles. The van der Waals surface area contributed by atoms with E-state index in [4.69, 9.17) is 37.9 Å². The average molecular weight is 493 g/mol. The molecule has 2 amide bonds. The molecule has 0 saturated carbocycles. The normalized spacial score (nSPS) is 33.7. The van der Waals surface area contributed by atoms with Crippen LogP contribution in [0.4, 0.5) is 9.59 Å². The van der Waals surface area contributed by atoms with Crippen molar-refractivity contribution >= 4 is 12.2 Å². The summed E-state index contributed by atoms with van der Waals surface area (Å²) in [6.45, 7) is 4.06. The maximum absolute atomic E-state index is 12.2. The Morgan fingerprint density at radius 3 is 1.41 bits per heavy atom. The zero-order valence-corrected chi connectivity index (χ0v) is 20.9. The van der Waals surface area contributed by atoms with Crippen molar-refractivity contribution in [3.05, 3.63) is 0 Å². The van der Waals surface area contributed by atoms with Gasteiger partial charge in [0.15, 0.2) is 12.6 Å². The molecule has 2 aliphatic heterocycles.